The first-order valence-electron chi connectivity index (χ1n) is 9.39. The number of amides is 1. The van der Waals surface area contributed by atoms with Crippen molar-refractivity contribution in [3.63, 3.8) is 0 Å². The van der Waals surface area contributed by atoms with Gasteiger partial charge in [0.15, 0.2) is 5.96 Å². The first-order valence-corrected chi connectivity index (χ1v) is 9.39. The molecule has 0 spiro atoms. The number of guanidine groups is 1. The van der Waals surface area contributed by atoms with Crippen molar-refractivity contribution in [2.75, 3.05) is 7.05 Å². The van der Waals surface area contributed by atoms with E-state index in [1.165, 1.54) is 10.5 Å². The van der Waals surface area contributed by atoms with Crippen LogP contribution in [-0.2, 0) is 4.79 Å². The van der Waals surface area contributed by atoms with Crippen LogP contribution in [0.25, 0.3) is 17.0 Å². The number of carbonyl (C=O) groups is 1. The molecule has 1 aromatic carbocycles. The highest BCUT2D eigenvalue weighted by atomic mass is 16.3. The SMILES string of the molecule is CC#CC1=Cc2c(oc3ccc(C4CC(=O)N(C)C(=N)N4)cc23)C(C)C(C)=C1. The van der Waals surface area contributed by atoms with Crippen LogP contribution >= 0.6 is 0 Å². The van der Waals surface area contributed by atoms with Gasteiger partial charge in [-0.2, -0.15) is 0 Å². The molecule has 0 bridgehead atoms. The Hall–Kier alpha value is -3.26. The van der Waals surface area contributed by atoms with E-state index in [9.17, 15) is 4.79 Å². The molecule has 5 nitrogen and oxygen atoms in total. The van der Waals surface area contributed by atoms with E-state index in [1.54, 1.807) is 7.05 Å². The molecule has 1 aromatic heterocycles. The maximum atomic E-state index is 12.2. The molecule has 4 rings (SSSR count). The summed E-state index contributed by atoms with van der Waals surface area (Å²) in [6.07, 6.45) is 4.53. The Bertz CT molecular complexity index is 1110. The molecular formula is C23H23N3O2. The number of allylic oxidation sites excluding steroid dienone is 3. The molecule has 28 heavy (non-hydrogen) atoms. The van der Waals surface area contributed by atoms with Gasteiger partial charge in [0.1, 0.15) is 11.3 Å². The van der Waals surface area contributed by atoms with Crippen LogP contribution in [-0.4, -0.2) is 23.8 Å². The summed E-state index contributed by atoms with van der Waals surface area (Å²) in [5, 5.41) is 12.1. The zero-order valence-corrected chi connectivity index (χ0v) is 16.5. The number of carbonyl (C=O) groups excluding carboxylic acids is 1. The predicted molar refractivity (Wildman–Crippen MR) is 111 cm³/mol. The molecule has 2 unspecified atom stereocenters. The van der Waals surface area contributed by atoms with Crippen LogP contribution in [0.4, 0.5) is 0 Å². The molecule has 1 amide bonds. The zero-order chi connectivity index (χ0) is 20.0. The van der Waals surface area contributed by atoms with Gasteiger partial charge in [-0.1, -0.05) is 24.5 Å². The monoisotopic (exact) mass is 373 g/mol. The fraction of sp³-hybridized carbons (Fsp3) is 0.304. The number of nitrogens with one attached hydrogen (secondary N) is 2. The second kappa shape index (κ2) is 6.72. The lowest BCUT2D eigenvalue weighted by Gasteiger charge is -2.31. The first-order chi connectivity index (χ1) is 13.4. The van der Waals surface area contributed by atoms with Gasteiger partial charge in [0, 0.05) is 29.5 Å². The molecule has 5 heteroatoms. The molecule has 1 aliphatic heterocycles. The first kappa shape index (κ1) is 18.1. The van der Waals surface area contributed by atoms with E-state index >= 15 is 0 Å². The molecule has 142 valence electrons. The Labute approximate surface area is 164 Å². The summed E-state index contributed by atoms with van der Waals surface area (Å²) >= 11 is 0. The molecule has 1 saturated heterocycles. The number of hydrogen-bond acceptors (Lipinski definition) is 3. The minimum Gasteiger partial charge on any atom is -0.460 e. The highest BCUT2D eigenvalue weighted by molar-refractivity contribution is 5.98. The molecule has 1 fully saturated rings. The average Bonchev–Trinajstić information content (AvgIpc) is 2.97. The summed E-state index contributed by atoms with van der Waals surface area (Å²) < 4.78 is 6.21. The van der Waals surface area contributed by atoms with Crippen molar-refractivity contribution in [3.05, 3.63) is 52.3 Å². The van der Waals surface area contributed by atoms with Crippen molar-refractivity contribution >= 4 is 28.9 Å². The van der Waals surface area contributed by atoms with Gasteiger partial charge in [-0.05, 0) is 43.7 Å². The van der Waals surface area contributed by atoms with Crippen LogP contribution in [0.1, 0.15) is 56.0 Å². The Morgan fingerprint density at radius 1 is 1.32 bits per heavy atom. The predicted octanol–water partition coefficient (Wildman–Crippen LogP) is 4.33. The number of nitrogens with zero attached hydrogens (tertiary/aromatic N) is 1. The largest absolute Gasteiger partial charge is 0.460 e. The Kier molecular flexibility index (Phi) is 4.35. The van der Waals surface area contributed by atoms with Crippen molar-refractivity contribution in [3.8, 4) is 11.8 Å². The van der Waals surface area contributed by atoms with E-state index in [2.05, 4.69) is 49.2 Å². The van der Waals surface area contributed by atoms with Crippen LogP contribution in [0.2, 0.25) is 0 Å². The zero-order valence-electron chi connectivity index (χ0n) is 16.5. The van der Waals surface area contributed by atoms with Gasteiger partial charge >= 0.3 is 0 Å². The maximum Gasteiger partial charge on any atom is 0.231 e. The van der Waals surface area contributed by atoms with Crippen LogP contribution in [0.15, 0.2) is 39.8 Å². The van der Waals surface area contributed by atoms with E-state index in [4.69, 9.17) is 9.83 Å². The standard InChI is InChI=1S/C23H23N3O2/c1-5-6-15-9-13(2)14(3)22-18(10-15)17-11-16(7-8-20(17)28-22)19-12-21(27)26(4)23(24)25-19/h7-11,14,19H,12H2,1-4H3,(H2,24,25). The van der Waals surface area contributed by atoms with Crippen molar-refractivity contribution in [1.82, 2.24) is 10.2 Å². The van der Waals surface area contributed by atoms with Gasteiger partial charge in [-0.25, -0.2) is 0 Å². The second-order valence-electron chi connectivity index (χ2n) is 7.42. The molecule has 1 aliphatic carbocycles. The number of rotatable bonds is 1. The summed E-state index contributed by atoms with van der Waals surface area (Å²) in [5.74, 6) is 7.31. The van der Waals surface area contributed by atoms with Gasteiger partial charge in [0.2, 0.25) is 5.91 Å². The summed E-state index contributed by atoms with van der Waals surface area (Å²) in [4.78, 5) is 13.5. The van der Waals surface area contributed by atoms with E-state index in [-0.39, 0.29) is 23.8 Å². The Balaban J connectivity index is 1.83. The van der Waals surface area contributed by atoms with Crippen LogP contribution in [0.3, 0.4) is 0 Å². The van der Waals surface area contributed by atoms with Crippen molar-refractivity contribution in [2.24, 2.45) is 0 Å². The highest BCUT2D eigenvalue weighted by Crippen LogP contribution is 2.39. The lowest BCUT2D eigenvalue weighted by Crippen LogP contribution is -2.49. The van der Waals surface area contributed by atoms with Crippen molar-refractivity contribution < 1.29 is 9.21 Å². The van der Waals surface area contributed by atoms with Gasteiger partial charge in [0.05, 0.1) is 12.5 Å². The van der Waals surface area contributed by atoms with E-state index in [1.807, 2.05) is 19.1 Å². The summed E-state index contributed by atoms with van der Waals surface area (Å²) in [7, 11) is 1.62. The van der Waals surface area contributed by atoms with E-state index in [0.717, 1.165) is 33.4 Å². The lowest BCUT2D eigenvalue weighted by atomic mass is 9.96. The molecule has 2 N–H and O–H groups in total. The fourth-order valence-corrected chi connectivity index (χ4v) is 3.78. The van der Waals surface area contributed by atoms with Gasteiger partial charge in [-0.3, -0.25) is 15.1 Å². The highest BCUT2D eigenvalue weighted by Gasteiger charge is 2.29. The van der Waals surface area contributed by atoms with Gasteiger partial charge in [-0.15, -0.1) is 5.92 Å². The molecule has 2 atom stereocenters. The molecule has 2 heterocycles. The molecule has 2 aromatic rings. The van der Waals surface area contributed by atoms with Crippen LogP contribution in [0.5, 0.6) is 0 Å². The molecule has 0 radical (unpaired) electrons. The lowest BCUT2D eigenvalue weighted by molar-refractivity contribution is -0.128. The topological polar surface area (TPSA) is 69.3 Å². The third kappa shape index (κ3) is 2.91. The minimum absolute atomic E-state index is 0.0614. The number of fused-ring (bicyclic) bond motifs is 3. The molecular weight excluding hydrogens is 350 g/mol. The number of furan rings is 1. The third-order valence-corrected chi connectivity index (χ3v) is 5.61. The quantitative estimate of drug-likeness (QED) is 0.731. The minimum atomic E-state index is -0.215. The fourth-order valence-electron chi connectivity index (χ4n) is 3.78. The molecule has 2 aliphatic rings. The van der Waals surface area contributed by atoms with Crippen LogP contribution in [0, 0.1) is 17.3 Å². The third-order valence-electron chi connectivity index (χ3n) is 5.61. The summed E-state index contributed by atoms with van der Waals surface area (Å²) in [5.41, 5.74) is 5.02. The average molecular weight is 373 g/mol. The molecule has 0 saturated carbocycles. The Morgan fingerprint density at radius 2 is 2.11 bits per heavy atom. The Morgan fingerprint density at radius 3 is 2.82 bits per heavy atom. The van der Waals surface area contributed by atoms with Gasteiger partial charge in [0.25, 0.3) is 0 Å². The number of hydrogen-bond donors (Lipinski definition) is 2. The normalized spacial score (nSPS) is 21.9. The van der Waals surface area contributed by atoms with Crippen molar-refractivity contribution in [1.29, 1.82) is 5.41 Å². The summed E-state index contributed by atoms with van der Waals surface area (Å²) in [6.45, 7) is 6.08. The number of benzene rings is 1. The summed E-state index contributed by atoms with van der Waals surface area (Å²) in [6, 6.07) is 5.78. The van der Waals surface area contributed by atoms with E-state index < -0.39 is 0 Å². The smallest absolute Gasteiger partial charge is 0.231 e. The maximum absolute atomic E-state index is 12.2. The van der Waals surface area contributed by atoms with Crippen LogP contribution < -0.4 is 5.32 Å². The van der Waals surface area contributed by atoms with E-state index in [0.29, 0.717) is 6.42 Å². The van der Waals surface area contributed by atoms with Gasteiger partial charge < -0.3 is 9.73 Å². The second-order valence-corrected chi connectivity index (χ2v) is 7.42. The van der Waals surface area contributed by atoms with Crippen molar-refractivity contribution in [2.45, 2.75) is 39.2 Å².